The molecule has 1 unspecified atom stereocenters. The fraction of sp³-hybridized carbons (Fsp3) is 0.240. The number of rotatable bonds is 6. The minimum atomic E-state index is -0.773. The molecule has 0 radical (unpaired) electrons. The standard InChI is InChI=1S/C25H23ClN2O5S/c1-4-32-19-12-15(10-11-18(19)29)13-20-23(30)28-22(16-8-6-7-9-17(16)26)21(24(31)33-5-2)14(3)27-25(28)34-20/h6-13,22,29H,4-5H2,1-3H3/b20-13-. The number of benzene rings is 2. The van der Waals surface area contributed by atoms with E-state index in [0.29, 0.717) is 43.5 Å². The Morgan fingerprint density at radius 2 is 2.00 bits per heavy atom. The Morgan fingerprint density at radius 1 is 1.24 bits per heavy atom. The summed E-state index contributed by atoms with van der Waals surface area (Å²) in [5.74, 6) is -0.185. The van der Waals surface area contributed by atoms with Gasteiger partial charge in [-0.2, -0.15) is 0 Å². The molecule has 0 saturated heterocycles. The Hall–Kier alpha value is -3.36. The van der Waals surface area contributed by atoms with Gasteiger partial charge in [-0.1, -0.05) is 47.2 Å². The Bertz CT molecular complexity index is 1470. The molecule has 2 heterocycles. The van der Waals surface area contributed by atoms with Crippen LogP contribution in [0.15, 0.2) is 63.5 Å². The molecule has 0 aliphatic carbocycles. The molecule has 9 heteroatoms. The average molecular weight is 499 g/mol. The van der Waals surface area contributed by atoms with Crippen molar-refractivity contribution in [3.05, 3.63) is 89.6 Å². The predicted octanol–water partition coefficient (Wildman–Crippen LogP) is 3.56. The molecule has 1 aliphatic rings. The zero-order valence-electron chi connectivity index (χ0n) is 18.9. The van der Waals surface area contributed by atoms with Gasteiger partial charge in [0, 0.05) is 5.02 Å². The van der Waals surface area contributed by atoms with Crippen LogP contribution < -0.4 is 19.6 Å². The van der Waals surface area contributed by atoms with Crippen molar-refractivity contribution in [2.24, 2.45) is 4.99 Å². The maximum atomic E-state index is 13.6. The first-order valence-electron chi connectivity index (χ1n) is 10.8. The Labute approximate surface area is 204 Å². The van der Waals surface area contributed by atoms with Crippen molar-refractivity contribution in [3.63, 3.8) is 0 Å². The van der Waals surface area contributed by atoms with Gasteiger partial charge in [-0.15, -0.1) is 0 Å². The summed E-state index contributed by atoms with van der Waals surface area (Å²) in [6.07, 6.45) is 1.71. The summed E-state index contributed by atoms with van der Waals surface area (Å²) in [6, 6.07) is 11.2. The number of aromatic nitrogens is 1. The molecule has 176 valence electrons. The van der Waals surface area contributed by atoms with Crippen molar-refractivity contribution < 1.29 is 19.4 Å². The SMILES string of the molecule is CCOC(=O)C1=C(C)N=c2s/c(=C\c3ccc(O)c(OCC)c3)c(=O)n2C1c1ccccc1Cl. The third-order valence-corrected chi connectivity index (χ3v) is 6.63. The van der Waals surface area contributed by atoms with Crippen LogP contribution in [0, 0.1) is 0 Å². The van der Waals surface area contributed by atoms with Crippen LogP contribution in [0.1, 0.15) is 37.9 Å². The zero-order valence-corrected chi connectivity index (χ0v) is 20.4. The fourth-order valence-corrected chi connectivity index (χ4v) is 5.11. The fourth-order valence-electron chi connectivity index (χ4n) is 3.83. The summed E-state index contributed by atoms with van der Waals surface area (Å²) in [6.45, 7) is 5.86. The van der Waals surface area contributed by atoms with Gasteiger partial charge in [0.1, 0.15) is 6.04 Å². The van der Waals surface area contributed by atoms with Crippen molar-refractivity contribution in [2.75, 3.05) is 13.2 Å². The van der Waals surface area contributed by atoms with Gasteiger partial charge < -0.3 is 14.6 Å². The van der Waals surface area contributed by atoms with Crippen LogP contribution in [0.3, 0.4) is 0 Å². The second-order valence-corrected chi connectivity index (χ2v) is 8.90. The minimum Gasteiger partial charge on any atom is -0.504 e. The molecule has 3 aromatic rings. The van der Waals surface area contributed by atoms with E-state index in [-0.39, 0.29) is 23.5 Å². The molecular weight excluding hydrogens is 476 g/mol. The number of fused-ring (bicyclic) bond motifs is 1. The van der Waals surface area contributed by atoms with Gasteiger partial charge >= 0.3 is 5.97 Å². The molecule has 0 bridgehead atoms. The summed E-state index contributed by atoms with van der Waals surface area (Å²) in [4.78, 5) is 31.5. The first-order chi connectivity index (χ1) is 16.3. The van der Waals surface area contributed by atoms with Gasteiger partial charge in [0.05, 0.1) is 29.0 Å². The number of hydrogen-bond donors (Lipinski definition) is 1. The number of nitrogens with zero attached hydrogens (tertiary/aromatic N) is 2. The highest BCUT2D eigenvalue weighted by Crippen LogP contribution is 2.34. The molecule has 1 atom stereocenters. The first-order valence-corrected chi connectivity index (χ1v) is 11.9. The second-order valence-electron chi connectivity index (χ2n) is 7.48. The van der Waals surface area contributed by atoms with E-state index in [4.69, 9.17) is 21.1 Å². The predicted molar refractivity (Wildman–Crippen MR) is 131 cm³/mol. The Balaban J connectivity index is 1.94. The maximum absolute atomic E-state index is 13.6. The van der Waals surface area contributed by atoms with Crippen molar-refractivity contribution in [1.29, 1.82) is 0 Å². The molecule has 1 N–H and O–H groups in total. The van der Waals surface area contributed by atoms with Gasteiger partial charge in [-0.3, -0.25) is 9.36 Å². The summed E-state index contributed by atoms with van der Waals surface area (Å²) < 4.78 is 12.6. The van der Waals surface area contributed by atoms with E-state index in [1.165, 1.54) is 22.0 Å². The quantitative estimate of drug-likeness (QED) is 0.525. The number of hydrogen-bond acceptors (Lipinski definition) is 7. The van der Waals surface area contributed by atoms with Crippen molar-refractivity contribution in [3.8, 4) is 11.5 Å². The molecule has 0 fully saturated rings. The lowest BCUT2D eigenvalue weighted by atomic mass is 9.96. The summed E-state index contributed by atoms with van der Waals surface area (Å²) in [5, 5.41) is 10.4. The molecule has 0 saturated carbocycles. The molecule has 1 aliphatic heterocycles. The topological polar surface area (TPSA) is 90.1 Å². The lowest BCUT2D eigenvalue weighted by Crippen LogP contribution is -2.40. The molecule has 34 heavy (non-hydrogen) atoms. The summed E-state index contributed by atoms with van der Waals surface area (Å²) in [7, 11) is 0. The van der Waals surface area contributed by atoms with E-state index in [2.05, 4.69) is 4.99 Å². The minimum absolute atomic E-state index is 0.0221. The Morgan fingerprint density at radius 3 is 2.71 bits per heavy atom. The molecule has 2 aromatic carbocycles. The highest BCUT2D eigenvalue weighted by Gasteiger charge is 2.34. The van der Waals surface area contributed by atoms with Crippen LogP contribution in [0.4, 0.5) is 0 Å². The van der Waals surface area contributed by atoms with Gasteiger partial charge in [0.2, 0.25) is 0 Å². The van der Waals surface area contributed by atoms with Crippen LogP contribution >= 0.6 is 22.9 Å². The van der Waals surface area contributed by atoms with Crippen molar-refractivity contribution in [2.45, 2.75) is 26.8 Å². The van der Waals surface area contributed by atoms with E-state index in [1.807, 2.05) is 6.92 Å². The molecule has 4 rings (SSSR count). The largest absolute Gasteiger partial charge is 0.504 e. The maximum Gasteiger partial charge on any atom is 0.338 e. The van der Waals surface area contributed by atoms with E-state index < -0.39 is 12.0 Å². The third-order valence-electron chi connectivity index (χ3n) is 5.30. The van der Waals surface area contributed by atoms with Crippen molar-refractivity contribution in [1.82, 2.24) is 4.57 Å². The van der Waals surface area contributed by atoms with Gasteiger partial charge in [0.25, 0.3) is 5.56 Å². The lowest BCUT2D eigenvalue weighted by Gasteiger charge is -2.25. The highest BCUT2D eigenvalue weighted by atomic mass is 35.5. The van der Waals surface area contributed by atoms with Crippen LogP contribution in [-0.2, 0) is 9.53 Å². The number of carbonyl (C=O) groups is 1. The van der Waals surface area contributed by atoms with E-state index in [9.17, 15) is 14.7 Å². The first kappa shape index (κ1) is 23.8. The lowest BCUT2D eigenvalue weighted by molar-refractivity contribution is -0.139. The van der Waals surface area contributed by atoms with Gasteiger partial charge in [0.15, 0.2) is 16.3 Å². The third kappa shape index (κ3) is 4.38. The summed E-state index contributed by atoms with van der Waals surface area (Å²) in [5.41, 5.74) is 1.73. The monoisotopic (exact) mass is 498 g/mol. The highest BCUT2D eigenvalue weighted by molar-refractivity contribution is 7.07. The number of carbonyl (C=O) groups excluding carboxylic acids is 1. The van der Waals surface area contributed by atoms with Crippen LogP contribution in [0.2, 0.25) is 5.02 Å². The molecular formula is C25H23ClN2O5S. The van der Waals surface area contributed by atoms with Crippen LogP contribution in [0.5, 0.6) is 11.5 Å². The Kier molecular flexibility index (Phi) is 6.90. The second kappa shape index (κ2) is 9.87. The normalized spacial score (nSPS) is 15.6. The van der Waals surface area contributed by atoms with E-state index in [0.717, 1.165) is 0 Å². The number of allylic oxidation sites excluding steroid dienone is 1. The van der Waals surface area contributed by atoms with Crippen LogP contribution in [0.25, 0.3) is 6.08 Å². The molecule has 7 nitrogen and oxygen atoms in total. The van der Waals surface area contributed by atoms with E-state index >= 15 is 0 Å². The average Bonchev–Trinajstić information content (AvgIpc) is 3.10. The number of aromatic hydroxyl groups is 1. The molecule has 0 amide bonds. The number of halogens is 1. The van der Waals surface area contributed by atoms with Gasteiger partial charge in [-0.05, 0) is 56.2 Å². The number of thiazole rings is 1. The number of phenols is 1. The molecule has 0 spiro atoms. The van der Waals surface area contributed by atoms with Crippen LogP contribution in [-0.4, -0.2) is 28.9 Å². The van der Waals surface area contributed by atoms with E-state index in [1.54, 1.807) is 56.3 Å². The zero-order chi connectivity index (χ0) is 24.4. The number of phenolic OH excluding ortho intramolecular Hbond substituents is 1. The summed E-state index contributed by atoms with van der Waals surface area (Å²) >= 11 is 7.72. The van der Waals surface area contributed by atoms with Gasteiger partial charge in [-0.25, -0.2) is 9.79 Å². The number of ether oxygens (including phenoxy) is 2. The smallest absolute Gasteiger partial charge is 0.338 e. The van der Waals surface area contributed by atoms with Crippen molar-refractivity contribution >= 4 is 35.0 Å². The molecule has 1 aromatic heterocycles. The number of esters is 1.